The molecule has 2 unspecified atom stereocenters. The smallest absolute Gasteiger partial charge is 0.257 e. The molecule has 1 spiro atoms. The fourth-order valence-corrected chi connectivity index (χ4v) is 8.43. The van der Waals surface area contributed by atoms with E-state index in [1.807, 2.05) is 51.9 Å². The van der Waals surface area contributed by atoms with Crippen molar-refractivity contribution in [3.63, 3.8) is 0 Å². The quantitative estimate of drug-likeness (QED) is 0.238. The molecule has 15 heteroatoms. The van der Waals surface area contributed by atoms with E-state index < -0.39 is 0 Å². The first kappa shape index (κ1) is 31.7. The highest BCUT2D eigenvalue weighted by atomic mass is 16.5. The number of hydrogen-bond donors (Lipinski definition) is 1. The lowest BCUT2D eigenvalue weighted by Gasteiger charge is -2.50. The second-order valence-electron chi connectivity index (χ2n) is 15.8. The molecule has 51 heavy (non-hydrogen) atoms. The van der Waals surface area contributed by atoms with Gasteiger partial charge < -0.3 is 14.3 Å². The molecule has 2 saturated carbocycles. The molecule has 2 aliphatic carbocycles. The van der Waals surface area contributed by atoms with Gasteiger partial charge in [-0.15, -0.1) is 10.2 Å². The summed E-state index contributed by atoms with van der Waals surface area (Å²) in [5.41, 5.74) is 3.22. The van der Waals surface area contributed by atoms with Gasteiger partial charge in [-0.05, 0) is 48.4 Å². The fourth-order valence-electron chi connectivity index (χ4n) is 8.43. The molecule has 0 radical (unpaired) electrons. The fraction of sp³-hybridized carbons (Fsp3) is 0.528. The number of carbonyl (C=O) groups is 2. The van der Waals surface area contributed by atoms with Crippen molar-refractivity contribution < 1.29 is 14.1 Å². The van der Waals surface area contributed by atoms with Gasteiger partial charge >= 0.3 is 0 Å². The van der Waals surface area contributed by atoms with Gasteiger partial charge in [0.2, 0.25) is 11.7 Å². The van der Waals surface area contributed by atoms with Gasteiger partial charge in [0.05, 0.1) is 29.9 Å². The normalized spacial score (nSPS) is 22.8. The summed E-state index contributed by atoms with van der Waals surface area (Å²) in [6.45, 7) is 8.87. The number of aromatic nitrogens is 10. The highest BCUT2D eigenvalue weighted by molar-refractivity contribution is 5.94. The number of aromatic amines is 1. The predicted octanol–water partition coefficient (Wildman–Crippen LogP) is 4.07. The summed E-state index contributed by atoms with van der Waals surface area (Å²) in [5.74, 6) is 2.11. The van der Waals surface area contributed by atoms with Crippen molar-refractivity contribution in [2.75, 3.05) is 26.2 Å². The van der Waals surface area contributed by atoms with Crippen LogP contribution in [0, 0.1) is 16.7 Å². The molecule has 4 fully saturated rings. The van der Waals surface area contributed by atoms with Gasteiger partial charge in [0.1, 0.15) is 6.04 Å². The van der Waals surface area contributed by atoms with Crippen molar-refractivity contribution in [1.29, 1.82) is 0 Å². The van der Waals surface area contributed by atoms with Crippen LogP contribution in [0.5, 0.6) is 0 Å². The summed E-state index contributed by atoms with van der Waals surface area (Å²) < 4.78 is 9.55. The first-order valence-electron chi connectivity index (χ1n) is 18.0. The van der Waals surface area contributed by atoms with Crippen molar-refractivity contribution in [1.82, 2.24) is 60.1 Å². The van der Waals surface area contributed by atoms with Crippen LogP contribution >= 0.6 is 0 Å². The molecule has 3 atom stereocenters. The summed E-state index contributed by atoms with van der Waals surface area (Å²) in [6, 6.07) is 9.71. The van der Waals surface area contributed by atoms with Crippen LogP contribution in [0.1, 0.15) is 104 Å². The molecule has 2 saturated heterocycles. The van der Waals surface area contributed by atoms with Gasteiger partial charge in [0.15, 0.2) is 5.82 Å². The molecule has 6 heterocycles. The zero-order chi connectivity index (χ0) is 34.9. The molecule has 1 aromatic carbocycles. The van der Waals surface area contributed by atoms with E-state index in [0.29, 0.717) is 61.7 Å². The maximum atomic E-state index is 14.0. The van der Waals surface area contributed by atoms with Gasteiger partial charge in [-0.2, -0.15) is 20.4 Å². The van der Waals surface area contributed by atoms with Crippen molar-refractivity contribution in [2.45, 2.75) is 77.3 Å². The van der Waals surface area contributed by atoms with E-state index in [0.717, 1.165) is 23.2 Å². The first-order valence-corrected chi connectivity index (χ1v) is 18.0. The Bertz CT molecular complexity index is 2050. The molecule has 2 amide bonds. The van der Waals surface area contributed by atoms with Gasteiger partial charge in [0, 0.05) is 61.4 Å². The summed E-state index contributed by atoms with van der Waals surface area (Å²) in [5, 5.41) is 28.0. The molecule has 1 N–H and O–H groups in total. The number of H-pyrrole nitrogens is 1. The minimum Gasteiger partial charge on any atom is -0.341 e. The monoisotopic (exact) mass is 690 g/mol. The maximum Gasteiger partial charge on any atom is 0.257 e. The molecule has 5 aromatic rings. The molecular formula is C36H42N12O3. The average Bonchev–Trinajstić information content (AvgIpc) is 3.90. The van der Waals surface area contributed by atoms with E-state index in [4.69, 9.17) is 14.6 Å². The lowest BCUT2D eigenvalue weighted by atomic mass is 9.71. The highest BCUT2D eigenvalue weighted by Gasteiger charge is 2.61. The minimum atomic E-state index is -0.355. The second-order valence-corrected chi connectivity index (χ2v) is 15.8. The number of rotatable bonds is 9. The molecule has 9 rings (SSSR count). The molecule has 2 aliphatic heterocycles. The van der Waals surface area contributed by atoms with Crippen molar-refractivity contribution in [2.24, 2.45) is 16.7 Å². The van der Waals surface area contributed by atoms with Crippen LogP contribution in [0.25, 0.3) is 11.4 Å². The number of tetrazole rings is 1. The van der Waals surface area contributed by atoms with Gasteiger partial charge in [-0.25, -0.2) is 0 Å². The summed E-state index contributed by atoms with van der Waals surface area (Å²) in [6.07, 6.45) is 11.2. The first-order chi connectivity index (χ1) is 24.7. The van der Waals surface area contributed by atoms with E-state index in [9.17, 15) is 9.59 Å². The van der Waals surface area contributed by atoms with Crippen LogP contribution in [0.2, 0.25) is 0 Å². The Morgan fingerprint density at radius 3 is 2.55 bits per heavy atom. The van der Waals surface area contributed by atoms with Gasteiger partial charge in [0.25, 0.3) is 11.8 Å². The van der Waals surface area contributed by atoms with Crippen LogP contribution < -0.4 is 0 Å². The third kappa shape index (κ3) is 5.72. The van der Waals surface area contributed by atoms with Crippen molar-refractivity contribution in [3.05, 3.63) is 77.5 Å². The third-order valence-corrected chi connectivity index (χ3v) is 11.8. The van der Waals surface area contributed by atoms with E-state index >= 15 is 0 Å². The Morgan fingerprint density at radius 1 is 1.06 bits per heavy atom. The van der Waals surface area contributed by atoms with Crippen LogP contribution in [0.4, 0.5) is 0 Å². The average molecular weight is 691 g/mol. The zero-order valence-electron chi connectivity index (χ0n) is 29.1. The Hall–Kier alpha value is -5.21. The number of nitrogens with zero attached hydrogens (tertiary/aromatic N) is 11. The Kier molecular flexibility index (Phi) is 7.44. The predicted molar refractivity (Wildman–Crippen MR) is 182 cm³/mol. The van der Waals surface area contributed by atoms with Crippen molar-refractivity contribution in [3.8, 4) is 11.4 Å². The lowest BCUT2D eigenvalue weighted by molar-refractivity contribution is -0.145. The molecule has 264 valence electrons. The minimum absolute atomic E-state index is 0.0518. The summed E-state index contributed by atoms with van der Waals surface area (Å²) in [7, 11) is 0. The Balaban J connectivity index is 0.920. The molecule has 0 bridgehead atoms. The van der Waals surface area contributed by atoms with E-state index in [2.05, 4.69) is 50.8 Å². The summed E-state index contributed by atoms with van der Waals surface area (Å²) >= 11 is 0. The van der Waals surface area contributed by atoms with Crippen LogP contribution in [-0.2, 0) is 11.3 Å². The van der Waals surface area contributed by atoms with Crippen LogP contribution in [-0.4, -0.2) is 98.1 Å². The van der Waals surface area contributed by atoms with Crippen LogP contribution in [0.15, 0.2) is 53.4 Å². The van der Waals surface area contributed by atoms with E-state index in [1.165, 1.54) is 25.7 Å². The van der Waals surface area contributed by atoms with Gasteiger partial charge in [-0.1, -0.05) is 56.1 Å². The Labute approximate surface area is 294 Å². The Morgan fingerprint density at radius 2 is 1.82 bits per heavy atom. The molecule has 4 aromatic heterocycles. The number of hydrogen-bond acceptors (Lipinski definition) is 10. The van der Waals surface area contributed by atoms with Gasteiger partial charge in [-0.3, -0.25) is 19.0 Å². The molecular weight excluding hydrogens is 648 g/mol. The highest BCUT2D eigenvalue weighted by Crippen LogP contribution is 2.55. The lowest BCUT2D eigenvalue weighted by Crippen LogP contribution is -2.62. The van der Waals surface area contributed by atoms with E-state index in [-0.39, 0.29) is 40.5 Å². The number of carbonyl (C=O) groups excluding carboxylic acids is 2. The topological polar surface area (TPSA) is 170 Å². The standard InChI is InChI=1S/C36H42N12O3/c1-22(48-13-12-29(41-48)24-6-4-5-7-24)32-38-31(42-51-32)28-18-45(19-36(28)20-46(21-36)34(50)27-14-35(27,2)3)33(49)26-15-37-47(17-26)16-23-8-10-25(11-9-23)30-39-43-44-40-30/h8-13,15,17,22,24,27-28H,4-7,14,16,18-21H2,1-3H3,(H,39,40,43,44)/t22?,27-,28?/m1/s1. The van der Waals surface area contributed by atoms with Crippen LogP contribution in [0.3, 0.4) is 0 Å². The molecule has 4 aliphatic rings. The van der Waals surface area contributed by atoms with Crippen molar-refractivity contribution >= 4 is 11.8 Å². The number of amides is 2. The SMILES string of the molecule is CC(c1nc(C2CN(C(=O)c3cnn(Cc4ccc(-c5nn[nH]n5)cc4)c3)CC23CN(C(=O)[C@H]2CC2(C)C)C3)no1)n1ccc(C2CCCC2)n1. The summed E-state index contributed by atoms with van der Waals surface area (Å²) in [4.78, 5) is 36.1. The number of nitrogens with one attached hydrogen (secondary N) is 1. The maximum absolute atomic E-state index is 14.0. The van der Waals surface area contributed by atoms with E-state index in [1.54, 1.807) is 17.1 Å². The zero-order valence-corrected chi connectivity index (χ0v) is 29.1. The third-order valence-electron chi connectivity index (χ3n) is 11.8. The molecule has 15 nitrogen and oxygen atoms in total. The number of benzene rings is 1. The largest absolute Gasteiger partial charge is 0.341 e. The second kappa shape index (κ2) is 11.9. The number of likely N-dealkylation sites (tertiary alicyclic amines) is 2.